The van der Waals surface area contributed by atoms with Crippen molar-refractivity contribution in [3.05, 3.63) is 164 Å². The summed E-state index contributed by atoms with van der Waals surface area (Å²) in [6.07, 6.45) is 3.53. The minimum absolute atomic E-state index is 0.614. The van der Waals surface area contributed by atoms with E-state index in [0.29, 0.717) is 17.5 Å². The monoisotopic (exact) mass is 641 g/mol. The molecule has 0 saturated carbocycles. The fourth-order valence-electron chi connectivity index (χ4n) is 7.10. The van der Waals surface area contributed by atoms with Crippen LogP contribution in [0.1, 0.15) is 0 Å². The van der Waals surface area contributed by atoms with Crippen molar-refractivity contribution in [3.63, 3.8) is 0 Å². The van der Waals surface area contributed by atoms with Gasteiger partial charge in [-0.15, -0.1) is 0 Å². The van der Waals surface area contributed by atoms with E-state index >= 15 is 0 Å². The molecule has 234 valence electrons. The minimum Gasteiger partial charge on any atom is -0.309 e. The highest BCUT2D eigenvalue weighted by molar-refractivity contribution is 6.25. The van der Waals surface area contributed by atoms with Crippen LogP contribution in [0.3, 0.4) is 0 Å². The smallest absolute Gasteiger partial charge is 0.164 e. The Hall–Kier alpha value is -6.99. The summed E-state index contributed by atoms with van der Waals surface area (Å²) in [7, 11) is 0. The number of hydrogen-bond acceptors (Lipinski definition) is 5. The molecule has 7 nitrogen and oxygen atoms in total. The fraction of sp³-hybridized carbons (Fsp3) is 0. The molecule has 4 heterocycles. The summed E-state index contributed by atoms with van der Waals surface area (Å²) in [6.45, 7) is 0. The lowest BCUT2D eigenvalue weighted by Crippen LogP contribution is -2.00. The second kappa shape index (κ2) is 11.3. The van der Waals surface area contributed by atoms with Crippen LogP contribution in [-0.4, -0.2) is 34.1 Å². The predicted molar refractivity (Wildman–Crippen MR) is 200 cm³/mol. The Morgan fingerprint density at radius 2 is 0.960 bits per heavy atom. The van der Waals surface area contributed by atoms with Crippen LogP contribution < -0.4 is 0 Å². The van der Waals surface area contributed by atoms with Gasteiger partial charge in [-0.05, 0) is 54.6 Å². The molecule has 0 atom stereocenters. The standard InChI is InChI=1S/C43H27N7/c1-4-12-28(13-5-1)41-46-42(29-14-6-2-7-15-29)48-43(47-41)30-20-22-32(23-21-30)50-37-26-44-27-45-39(37)34-24-25-36-38(40(34)50)33-18-10-11-19-35(33)49(36)31-16-8-3-9-17-31/h1-27H. The average molecular weight is 642 g/mol. The average Bonchev–Trinajstić information content (AvgIpc) is 3.72. The third kappa shape index (κ3) is 4.41. The summed E-state index contributed by atoms with van der Waals surface area (Å²) < 4.78 is 4.63. The Bertz CT molecular complexity index is 2780. The molecule has 0 aliphatic rings. The maximum absolute atomic E-state index is 4.95. The third-order valence-corrected chi connectivity index (χ3v) is 9.32. The van der Waals surface area contributed by atoms with Crippen molar-refractivity contribution >= 4 is 43.7 Å². The normalized spacial score (nSPS) is 11.6. The summed E-state index contributed by atoms with van der Waals surface area (Å²) in [5.41, 5.74) is 10.1. The largest absolute Gasteiger partial charge is 0.309 e. The van der Waals surface area contributed by atoms with E-state index in [1.165, 1.54) is 10.8 Å². The minimum atomic E-state index is 0.614. The molecule has 50 heavy (non-hydrogen) atoms. The van der Waals surface area contributed by atoms with Crippen LogP contribution in [0.25, 0.3) is 89.3 Å². The fourth-order valence-corrected chi connectivity index (χ4v) is 7.10. The van der Waals surface area contributed by atoms with Crippen LogP contribution in [0, 0.1) is 0 Å². The van der Waals surface area contributed by atoms with Gasteiger partial charge >= 0.3 is 0 Å². The quantitative estimate of drug-likeness (QED) is 0.187. The maximum Gasteiger partial charge on any atom is 0.164 e. The van der Waals surface area contributed by atoms with Gasteiger partial charge in [0, 0.05) is 44.2 Å². The van der Waals surface area contributed by atoms with Crippen molar-refractivity contribution in [3.8, 4) is 45.5 Å². The lowest BCUT2D eigenvalue weighted by molar-refractivity contribution is 1.07. The van der Waals surface area contributed by atoms with Gasteiger partial charge in [0.15, 0.2) is 17.5 Å². The van der Waals surface area contributed by atoms with Gasteiger partial charge in [0.2, 0.25) is 0 Å². The Morgan fingerprint density at radius 3 is 1.62 bits per heavy atom. The summed E-state index contributed by atoms with van der Waals surface area (Å²) in [5.74, 6) is 1.88. The van der Waals surface area contributed by atoms with Crippen molar-refractivity contribution in [2.24, 2.45) is 0 Å². The number of rotatable bonds is 5. The lowest BCUT2D eigenvalue weighted by Gasteiger charge is -2.11. The molecule has 10 aromatic rings. The van der Waals surface area contributed by atoms with Gasteiger partial charge in [-0.3, -0.25) is 0 Å². The molecule has 0 N–H and O–H groups in total. The van der Waals surface area contributed by atoms with Gasteiger partial charge in [0.1, 0.15) is 6.33 Å². The Kier molecular flexibility index (Phi) is 6.35. The summed E-state index contributed by atoms with van der Waals surface area (Å²) in [4.78, 5) is 24.0. The van der Waals surface area contributed by atoms with E-state index in [1.54, 1.807) is 6.33 Å². The highest BCUT2D eigenvalue weighted by Crippen LogP contribution is 2.41. The van der Waals surface area contributed by atoms with Gasteiger partial charge in [-0.2, -0.15) is 0 Å². The molecule has 0 spiro atoms. The van der Waals surface area contributed by atoms with E-state index in [0.717, 1.165) is 61.0 Å². The molecule has 0 bridgehead atoms. The molecule has 0 unspecified atom stereocenters. The van der Waals surface area contributed by atoms with Gasteiger partial charge in [-0.1, -0.05) is 97.1 Å². The first kappa shape index (κ1) is 28.1. The van der Waals surface area contributed by atoms with E-state index in [1.807, 2.05) is 66.9 Å². The van der Waals surface area contributed by atoms with Crippen molar-refractivity contribution in [1.29, 1.82) is 0 Å². The van der Waals surface area contributed by atoms with Crippen LogP contribution in [0.4, 0.5) is 0 Å². The molecule has 7 heteroatoms. The molecule has 6 aromatic carbocycles. The molecule has 0 aliphatic heterocycles. The number of nitrogens with zero attached hydrogens (tertiary/aromatic N) is 7. The van der Waals surface area contributed by atoms with Crippen LogP contribution in [-0.2, 0) is 0 Å². The van der Waals surface area contributed by atoms with E-state index in [-0.39, 0.29) is 0 Å². The number of benzene rings is 6. The van der Waals surface area contributed by atoms with E-state index in [9.17, 15) is 0 Å². The summed E-state index contributed by atoms with van der Waals surface area (Å²) in [5, 5.41) is 3.42. The Labute approximate surface area is 286 Å². The zero-order chi connectivity index (χ0) is 33.0. The number of para-hydroxylation sites is 2. The van der Waals surface area contributed by atoms with Gasteiger partial charge < -0.3 is 9.13 Å². The van der Waals surface area contributed by atoms with Crippen molar-refractivity contribution in [1.82, 2.24) is 34.1 Å². The summed E-state index contributed by atoms with van der Waals surface area (Å²) >= 11 is 0. The Balaban J connectivity index is 1.20. The molecule has 0 aliphatic carbocycles. The van der Waals surface area contributed by atoms with Crippen LogP contribution in [0.5, 0.6) is 0 Å². The van der Waals surface area contributed by atoms with E-state index in [4.69, 9.17) is 19.9 Å². The van der Waals surface area contributed by atoms with Gasteiger partial charge in [-0.25, -0.2) is 24.9 Å². The topological polar surface area (TPSA) is 74.3 Å². The lowest BCUT2D eigenvalue weighted by atomic mass is 10.1. The number of hydrogen-bond donors (Lipinski definition) is 0. The first-order valence-corrected chi connectivity index (χ1v) is 16.5. The third-order valence-electron chi connectivity index (χ3n) is 9.32. The predicted octanol–water partition coefficient (Wildman–Crippen LogP) is 9.86. The van der Waals surface area contributed by atoms with Crippen molar-refractivity contribution < 1.29 is 0 Å². The van der Waals surface area contributed by atoms with Gasteiger partial charge in [0.25, 0.3) is 0 Å². The van der Waals surface area contributed by atoms with E-state index < -0.39 is 0 Å². The molecular weight excluding hydrogens is 615 g/mol. The van der Waals surface area contributed by atoms with Crippen LogP contribution in [0.2, 0.25) is 0 Å². The Morgan fingerprint density at radius 1 is 0.400 bits per heavy atom. The highest BCUT2D eigenvalue weighted by atomic mass is 15.0. The number of fused-ring (bicyclic) bond motifs is 7. The first-order chi connectivity index (χ1) is 24.8. The number of aromatic nitrogens is 7. The second-order valence-corrected chi connectivity index (χ2v) is 12.2. The van der Waals surface area contributed by atoms with Crippen LogP contribution in [0.15, 0.2) is 164 Å². The van der Waals surface area contributed by atoms with E-state index in [2.05, 4.69) is 105 Å². The highest BCUT2D eigenvalue weighted by Gasteiger charge is 2.21. The van der Waals surface area contributed by atoms with Crippen LogP contribution >= 0.6 is 0 Å². The molecule has 10 rings (SSSR count). The molecule has 0 amide bonds. The molecule has 0 saturated heterocycles. The van der Waals surface area contributed by atoms with Gasteiger partial charge in [0.05, 0.1) is 33.8 Å². The van der Waals surface area contributed by atoms with Crippen molar-refractivity contribution in [2.75, 3.05) is 0 Å². The molecule has 0 radical (unpaired) electrons. The first-order valence-electron chi connectivity index (χ1n) is 16.5. The second-order valence-electron chi connectivity index (χ2n) is 12.2. The molecule has 0 fully saturated rings. The zero-order valence-electron chi connectivity index (χ0n) is 26.7. The summed E-state index contributed by atoms with van der Waals surface area (Å²) in [6, 6.07) is 52.1. The molecular formula is C43H27N7. The SMILES string of the molecule is c1ccc(-c2nc(-c3ccccc3)nc(-c3ccc(-n4c5cncnc5c5ccc6c(c7ccccc7n6-c6ccccc6)c54)cc3)n2)cc1. The maximum atomic E-state index is 4.95. The molecule has 4 aromatic heterocycles. The zero-order valence-corrected chi connectivity index (χ0v) is 26.7. The van der Waals surface area contributed by atoms with Crippen molar-refractivity contribution in [2.45, 2.75) is 0 Å².